The molecule has 132 valence electrons. The number of hydrogen-bond acceptors (Lipinski definition) is 2. The van der Waals surface area contributed by atoms with Crippen molar-refractivity contribution in [1.82, 2.24) is 0 Å². The Bertz CT molecular complexity index is 743. The van der Waals surface area contributed by atoms with E-state index in [-0.39, 0.29) is 17.2 Å². The third-order valence-electron chi connectivity index (χ3n) is 3.94. The molecule has 0 aliphatic heterocycles. The summed E-state index contributed by atoms with van der Waals surface area (Å²) in [6.45, 7) is 8.36. The minimum Gasteiger partial charge on any atom is -0.324 e. The third-order valence-corrected chi connectivity index (χ3v) is 3.94. The Morgan fingerprint density at radius 3 is 1.96 bits per heavy atom. The second-order valence-electron chi connectivity index (χ2n) is 7.13. The van der Waals surface area contributed by atoms with Crippen LogP contribution in [0.3, 0.4) is 0 Å². The molecule has 2 N–H and O–H groups in total. The first-order valence-corrected chi connectivity index (χ1v) is 8.62. The number of rotatable bonds is 5. The van der Waals surface area contributed by atoms with Crippen LogP contribution in [0.15, 0.2) is 48.5 Å². The van der Waals surface area contributed by atoms with E-state index < -0.39 is 0 Å². The fraction of sp³-hybridized carbons (Fsp3) is 0.333. The molecular weight excluding hydrogens is 312 g/mol. The SMILES string of the molecule is CCCC(=O)Nc1ccccc1NC(=O)c1ccc(C(C)(C)C)cc1. The summed E-state index contributed by atoms with van der Waals surface area (Å²) >= 11 is 0. The fourth-order valence-electron chi connectivity index (χ4n) is 2.46. The van der Waals surface area contributed by atoms with Gasteiger partial charge in [-0.3, -0.25) is 9.59 Å². The van der Waals surface area contributed by atoms with Crippen LogP contribution in [0.2, 0.25) is 0 Å². The fourth-order valence-corrected chi connectivity index (χ4v) is 2.46. The average Bonchev–Trinajstić information content (AvgIpc) is 2.56. The summed E-state index contributed by atoms with van der Waals surface area (Å²) in [4.78, 5) is 24.3. The Hall–Kier alpha value is -2.62. The minimum atomic E-state index is -0.197. The molecule has 0 bridgehead atoms. The van der Waals surface area contributed by atoms with Gasteiger partial charge in [-0.1, -0.05) is 52.0 Å². The quantitative estimate of drug-likeness (QED) is 0.808. The zero-order chi connectivity index (χ0) is 18.4. The standard InChI is InChI=1S/C21H26N2O2/c1-5-8-19(24)22-17-9-6-7-10-18(17)23-20(25)15-11-13-16(14-12-15)21(2,3)4/h6-7,9-14H,5,8H2,1-4H3,(H,22,24)(H,23,25). The Morgan fingerprint density at radius 2 is 1.44 bits per heavy atom. The highest BCUT2D eigenvalue weighted by Gasteiger charge is 2.15. The molecule has 4 heteroatoms. The van der Waals surface area contributed by atoms with Crippen molar-refractivity contribution in [3.8, 4) is 0 Å². The van der Waals surface area contributed by atoms with Gasteiger partial charge in [0.15, 0.2) is 0 Å². The molecule has 0 atom stereocenters. The Morgan fingerprint density at radius 1 is 0.880 bits per heavy atom. The molecule has 0 heterocycles. The lowest BCUT2D eigenvalue weighted by Crippen LogP contribution is -2.17. The van der Waals surface area contributed by atoms with Crippen LogP contribution in [0.5, 0.6) is 0 Å². The lowest BCUT2D eigenvalue weighted by molar-refractivity contribution is -0.116. The van der Waals surface area contributed by atoms with E-state index in [1.54, 1.807) is 12.1 Å². The van der Waals surface area contributed by atoms with Crippen molar-refractivity contribution in [2.45, 2.75) is 46.0 Å². The van der Waals surface area contributed by atoms with Crippen molar-refractivity contribution in [2.75, 3.05) is 10.6 Å². The van der Waals surface area contributed by atoms with Crippen LogP contribution in [0, 0.1) is 0 Å². The van der Waals surface area contributed by atoms with Gasteiger partial charge in [0.1, 0.15) is 0 Å². The van der Waals surface area contributed by atoms with Crippen LogP contribution >= 0.6 is 0 Å². The zero-order valence-corrected chi connectivity index (χ0v) is 15.3. The first kappa shape index (κ1) is 18.7. The van der Waals surface area contributed by atoms with E-state index in [9.17, 15) is 9.59 Å². The smallest absolute Gasteiger partial charge is 0.255 e. The first-order chi connectivity index (χ1) is 11.8. The predicted molar refractivity (Wildman–Crippen MR) is 103 cm³/mol. The second kappa shape index (κ2) is 7.97. The van der Waals surface area contributed by atoms with E-state index in [2.05, 4.69) is 31.4 Å². The number of anilines is 2. The highest BCUT2D eigenvalue weighted by Crippen LogP contribution is 2.24. The second-order valence-corrected chi connectivity index (χ2v) is 7.13. The third kappa shape index (κ3) is 5.18. The number of carbonyl (C=O) groups is 2. The maximum absolute atomic E-state index is 12.5. The van der Waals surface area contributed by atoms with Gasteiger partial charge < -0.3 is 10.6 Å². The van der Waals surface area contributed by atoms with E-state index in [4.69, 9.17) is 0 Å². The molecule has 0 saturated carbocycles. The molecule has 0 aliphatic carbocycles. The molecule has 0 saturated heterocycles. The number of para-hydroxylation sites is 2. The lowest BCUT2D eigenvalue weighted by atomic mass is 9.87. The zero-order valence-electron chi connectivity index (χ0n) is 15.3. The van der Waals surface area contributed by atoms with Crippen molar-refractivity contribution in [1.29, 1.82) is 0 Å². The van der Waals surface area contributed by atoms with Gasteiger partial charge in [-0.05, 0) is 41.7 Å². The summed E-state index contributed by atoms with van der Waals surface area (Å²) in [5.74, 6) is -0.253. The summed E-state index contributed by atoms with van der Waals surface area (Å²) in [5.41, 5.74) is 3.02. The van der Waals surface area contributed by atoms with Gasteiger partial charge >= 0.3 is 0 Å². The number of nitrogens with one attached hydrogen (secondary N) is 2. The number of hydrogen-bond donors (Lipinski definition) is 2. The molecule has 0 unspecified atom stereocenters. The summed E-state index contributed by atoms with van der Waals surface area (Å²) in [6.07, 6.45) is 1.23. The molecular formula is C21H26N2O2. The highest BCUT2D eigenvalue weighted by atomic mass is 16.2. The molecule has 2 amide bonds. The first-order valence-electron chi connectivity index (χ1n) is 8.62. The molecule has 4 nitrogen and oxygen atoms in total. The van der Waals surface area contributed by atoms with Gasteiger partial charge in [-0.25, -0.2) is 0 Å². The summed E-state index contributed by atoms with van der Waals surface area (Å²) in [6, 6.07) is 14.8. The van der Waals surface area contributed by atoms with Crippen molar-refractivity contribution >= 4 is 23.2 Å². The van der Waals surface area contributed by atoms with Gasteiger partial charge in [0.05, 0.1) is 11.4 Å². The van der Waals surface area contributed by atoms with E-state index in [0.29, 0.717) is 23.4 Å². The Balaban J connectivity index is 2.14. The maximum atomic E-state index is 12.5. The minimum absolute atomic E-state index is 0.0468. The van der Waals surface area contributed by atoms with Crippen LogP contribution in [-0.4, -0.2) is 11.8 Å². The van der Waals surface area contributed by atoms with Crippen molar-refractivity contribution in [2.24, 2.45) is 0 Å². The monoisotopic (exact) mass is 338 g/mol. The van der Waals surface area contributed by atoms with Crippen LogP contribution < -0.4 is 10.6 Å². The molecule has 0 aromatic heterocycles. The van der Waals surface area contributed by atoms with E-state index >= 15 is 0 Å². The molecule has 25 heavy (non-hydrogen) atoms. The number of benzene rings is 2. The highest BCUT2D eigenvalue weighted by molar-refractivity contribution is 6.07. The van der Waals surface area contributed by atoms with Crippen LogP contribution in [-0.2, 0) is 10.2 Å². The van der Waals surface area contributed by atoms with Gasteiger partial charge in [-0.15, -0.1) is 0 Å². The Labute approximate surface area is 149 Å². The lowest BCUT2D eigenvalue weighted by Gasteiger charge is -2.19. The van der Waals surface area contributed by atoms with Gasteiger partial charge in [0.25, 0.3) is 5.91 Å². The normalized spacial score (nSPS) is 11.0. The molecule has 2 aromatic rings. The molecule has 0 radical (unpaired) electrons. The van der Waals surface area contributed by atoms with Gasteiger partial charge in [0, 0.05) is 12.0 Å². The topological polar surface area (TPSA) is 58.2 Å². The van der Waals surface area contributed by atoms with Crippen molar-refractivity contribution in [3.05, 3.63) is 59.7 Å². The van der Waals surface area contributed by atoms with Crippen LogP contribution in [0.25, 0.3) is 0 Å². The van der Waals surface area contributed by atoms with E-state index in [0.717, 1.165) is 6.42 Å². The molecule has 0 aliphatic rings. The van der Waals surface area contributed by atoms with E-state index in [1.807, 2.05) is 43.3 Å². The van der Waals surface area contributed by atoms with Crippen molar-refractivity contribution < 1.29 is 9.59 Å². The molecule has 2 rings (SSSR count). The molecule has 0 spiro atoms. The molecule has 2 aromatic carbocycles. The van der Waals surface area contributed by atoms with Crippen molar-refractivity contribution in [3.63, 3.8) is 0 Å². The van der Waals surface area contributed by atoms with Crippen LogP contribution in [0.1, 0.15) is 56.5 Å². The van der Waals surface area contributed by atoms with Gasteiger partial charge in [-0.2, -0.15) is 0 Å². The predicted octanol–water partition coefficient (Wildman–Crippen LogP) is 4.98. The molecule has 0 fully saturated rings. The van der Waals surface area contributed by atoms with Crippen LogP contribution in [0.4, 0.5) is 11.4 Å². The number of amides is 2. The number of carbonyl (C=O) groups excluding carboxylic acids is 2. The summed E-state index contributed by atoms with van der Waals surface area (Å²) in [7, 11) is 0. The Kier molecular flexibility index (Phi) is 5.97. The van der Waals surface area contributed by atoms with Gasteiger partial charge in [0.2, 0.25) is 5.91 Å². The largest absolute Gasteiger partial charge is 0.324 e. The summed E-state index contributed by atoms with van der Waals surface area (Å²) in [5, 5.41) is 5.72. The summed E-state index contributed by atoms with van der Waals surface area (Å²) < 4.78 is 0. The average molecular weight is 338 g/mol. The van der Waals surface area contributed by atoms with E-state index in [1.165, 1.54) is 5.56 Å². The maximum Gasteiger partial charge on any atom is 0.255 e.